The van der Waals surface area contributed by atoms with E-state index in [1.807, 2.05) is 12.4 Å². The van der Waals surface area contributed by atoms with E-state index in [0.717, 1.165) is 24.1 Å². The van der Waals surface area contributed by atoms with Crippen molar-refractivity contribution in [3.05, 3.63) is 16.3 Å². The lowest BCUT2D eigenvalue weighted by atomic mass is 10.2. The number of hydrogen-bond acceptors (Lipinski definition) is 4. The molecule has 0 aromatic carbocycles. The van der Waals surface area contributed by atoms with Crippen molar-refractivity contribution in [2.45, 2.75) is 43.7 Å². The van der Waals surface area contributed by atoms with E-state index < -0.39 is 10.0 Å². The van der Waals surface area contributed by atoms with Gasteiger partial charge in [0.15, 0.2) is 0 Å². The lowest BCUT2D eigenvalue weighted by Gasteiger charge is -2.23. The monoisotopic (exact) mass is 288 g/mol. The van der Waals surface area contributed by atoms with Crippen molar-refractivity contribution in [3.8, 4) is 0 Å². The summed E-state index contributed by atoms with van der Waals surface area (Å²) in [5.74, 6) is 0. The first kappa shape index (κ1) is 14.0. The van der Waals surface area contributed by atoms with Gasteiger partial charge in [-0.25, -0.2) is 8.42 Å². The SMILES string of the molecule is CCC1CCCN1S(=O)(=O)c1ccsc1CNC. The smallest absolute Gasteiger partial charge is 0.244 e. The summed E-state index contributed by atoms with van der Waals surface area (Å²) >= 11 is 1.50. The van der Waals surface area contributed by atoms with Crippen LogP contribution in [-0.2, 0) is 16.6 Å². The third kappa shape index (κ3) is 2.47. The molecule has 4 nitrogen and oxygen atoms in total. The normalized spacial score (nSPS) is 21.6. The number of sulfonamides is 1. The molecule has 0 amide bonds. The van der Waals surface area contributed by atoms with Crippen LogP contribution in [0, 0.1) is 0 Å². The fourth-order valence-electron chi connectivity index (χ4n) is 2.51. The first-order valence-corrected chi connectivity index (χ1v) is 8.66. The predicted molar refractivity (Wildman–Crippen MR) is 74.3 cm³/mol. The van der Waals surface area contributed by atoms with Crippen LogP contribution in [-0.4, -0.2) is 32.4 Å². The fraction of sp³-hybridized carbons (Fsp3) is 0.667. The minimum atomic E-state index is -3.31. The van der Waals surface area contributed by atoms with Gasteiger partial charge in [-0.3, -0.25) is 0 Å². The van der Waals surface area contributed by atoms with Crippen molar-refractivity contribution in [2.75, 3.05) is 13.6 Å². The third-order valence-electron chi connectivity index (χ3n) is 3.42. The molecular formula is C12H20N2O2S2. The minimum Gasteiger partial charge on any atom is -0.315 e. The molecule has 0 radical (unpaired) electrons. The standard InChI is InChI=1S/C12H20N2O2S2/c1-3-10-5-4-7-14(10)18(15,16)12-6-8-17-11(12)9-13-2/h6,8,10,13H,3-5,7,9H2,1-2H3. The van der Waals surface area contributed by atoms with E-state index in [1.165, 1.54) is 11.3 Å². The molecule has 1 atom stereocenters. The molecule has 18 heavy (non-hydrogen) atoms. The summed E-state index contributed by atoms with van der Waals surface area (Å²) < 4.78 is 27.0. The maximum atomic E-state index is 12.7. The lowest BCUT2D eigenvalue weighted by Crippen LogP contribution is -2.35. The molecule has 1 aliphatic heterocycles. The summed E-state index contributed by atoms with van der Waals surface area (Å²) in [5, 5.41) is 4.88. The van der Waals surface area contributed by atoms with Crippen molar-refractivity contribution in [3.63, 3.8) is 0 Å². The van der Waals surface area contributed by atoms with Crippen molar-refractivity contribution in [1.82, 2.24) is 9.62 Å². The zero-order valence-electron chi connectivity index (χ0n) is 10.8. The third-order valence-corrected chi connectivity index (χ3v) is 6.51. The zero-order chi connectivity index (χ0) is 13.2. The molecule has 1 aromatic heterocycles. The number of nitrogens with one attached hydrogen (secondary N) is 1. The summed E-state index contributed by atoms with van der Waals surface area (Å²) in [7, 11) is -1.47. The van der Waals surface area contributed by atoms with Gasteiger partial charge >= 0.3 is 0 Å². The van der Waals surface area contributed by atoms with E-state index in [2.05, 4.69) is 12.2 Å². The van der Waals surface area contributed by atoms with E-state index in [1.54, 1.807) is 10.4 Å². The molecule has 0 spiro atoms. The Kier molecular flexibility index (Phi) is 4.42. The summed E-state index contributed by atoms with van der Waals surface area (Å²) in [4.78, 5) is 1.39. The Balaban J connectivity index is 2.32. The molecule has 2 heterocycles. The van der Waals surface area contributed by atoms with Crippen LogP contribution in [0.4, 0.5) is 0 Å². The summed E-state index contributed by atoms with van der Waals surface area (Å²) in [6, 6.07) is 1.91. The number of thiophene rings is 1. The molecule has 1 aromatic rings. The van der Waals surface area contributed by atoms with Crippen molar-refractivity contribution >= 4 is 21.4 Å². The van der Waals surface area contributed by atoms with Crippen molar-refractivity contribution in [2.24, 2.45) is 0 Å². The van der Waals surface area contributed by atoms with Crippen LogP contribution < -0.4 is 5.32 Å². The van der Waals surface area contributed by atoms with E-state index in [0.29, 0.717) is 18.0 Å². The number of nitrogens with zero attached hydrogens (tertiary/aromatic N) is 1. The summed E-state index contributed by atoms with van der Waals surface area (Å²) in [5.41, 5.74) is 0. The van der Waals surface area contributed by atoms with Gasteiger partial charge in [-0.1, -0.05) is 6.92 Å². The molecule has 6 heteroatoms. The van der Waals surface area contributed by atoms with Gasteiger partial charge in [0.25, 0.3) is 0 Å². The van der Waals surface area contributed by atoms with E-state index in [-0.39, 0.29) is 6.04 Å². The van der Waals surface area contributed by atoms with E-state index in [9.17, 15) is 8.42 Å². The van der Waals surface area contributed by atoms with Gasteiger partial charge in [0, 0.05) is 24.0 Å². The van der Waals surface area contributed by atoms with Crippen molar-refractivity contribution < 1.29 is 8.42 Å². The van der Waals surface area contributed by atoms with Crippen LogP contribution in [0.25, 0.3) is 0 Å². The Bertz CT molecular complexity index is 496. The summed E-state index contributed by atoms with van der Waals surface area (Å²) in [6.07, 6.45) is 2.86. The minimum absolute atomic E-state index is 0.178. The average molecular weight is 288 g/mol. The molecule has 1 unspecified atom stereocenters. The first-order valence-electron chi connectivity index (χ1n) is 6.34. The maximum absolute atomic E-state index is 12.7. The topological polar surface area (TPSA) is 49.4 Å². The van der Waals surface area contributed by atoms with Gasteiger partial charge in [-0.15, -0.1) is 11.3 Å². The number of hydrogen-bond donors (Lipinski definition) is 1. The molecule has 0 aliphatic carbocycles. The quantitative estimate of drug-likeness (QED) is 0.902. The Morgan fingerprint density at radius 2 is 2.33 bits per heavy atom. The second-order valence-corrected chi connectivity index (χ2v) is 7.42. The molecule has 0 bridgehead atoms. The van der Waals surface area contributed by atoms with Crippen LogP contribution in [0.5, 0.6) is 0 Å². The largest absolute Gasteiger partial charge is 0.315 e. The molecule has 1 N–H and O–H groups in total. The van der Waals surface area contributed by atoms with Crippen molar-refractivity contribution in [1.29, 1.82) is 0 Å². The highest BCUT2D eigenvalue weighted by atomic mass is 32.2. The molecule has 1 aliphatic rings. The van der Waals surface area contributed by atoms with Gasteiger partial charge in [-0.05, 0) is 37.8 Å². The predicted octanol–water partition coefficient (Wildman–Crippen LogP) is 2.03. The molecule has 1 fully saturated rings. The van der Waals surface area contributed by atoms with Gasteiger partial charge in [0.1, 0.15) is 0 Å². The molecule has 102 valence electrons. The van der Waals surface area contributed by atoms with Crippen LogP contribution in [0.3, 0.4) is 0 Å². The highest BCUT2D eigenvalue weighted by Crippen LogP contribution is 2.31. The summed E-state index contributed by atoms with van der Waals surface area (Å²) in [6.45, 7) is 3.33. The molecule has 1 saturated heterocycles. The Hall–Kier alpha value is -0.430. The van der Waals surface area contributed by atoms with Crippen LogP contribution >= 0.6 is 11.3 Å². The molecular weight excluding hydrogens is 268 g/mol. The van der Waals surface area contributed by atoms with E-state index >= 15 is 0 Å². The average Bonchev–Trinajstić information content (AvgIpc) is 2.97. The van der Waals surface area contributed by atoms with Gasteiger partial charge in [-0.2, -0.15) is 4.31 Å². The Morgan fingerprint density at radius 3 is 3.00 bits per heavy atom. The zero-order valence-corrected chi connectivity index (χ0v) is 12.5. The lowest BCUT2D eigenvalue weighted by molar-refractivity contribution is 0.379. The van der Waals surface area contributed by atoms with Gasteiger partial charge < -0.3 is 5.32 Å². The second-order valence-electron chi connectivity index (χ2n) is 4.56. The molecule has 2 rings (SSSR count). The highest BCUT2D eigenvalue weighted by Gasteiger charge is 2.35. The maximum Gasteiger partial charge on any atom is 0.244 e. The van der Waals surface area contributed by atoms with Crippen LogP contribution in [0.2, 0.25) is 0 Å². The molecule has 0 saturated carbocycles. The van der Waals surface area contributed by atoms with Gasteiger partial charge in [0.05, 0.1) is 4.90 Å². The Morgan fingerprint density at radius 1 is 1.56 bits per heavy atom. The second kappa shape index (κ2) is 5.69. The van der Waals surface area contributed by atoms with Crippen LogP contribution in [0.15, 0.2) is 16.3 Å². The first-order chi connectivity index (χ1) is 8.61. The van der Waals surface area contributed by atoms with Crippen LogP contribution in [0.1, 0.15) is 31.1 Å². The van der Waals surface area contributed by atoms with Gasteiger partial charge in [0.2, 0.25) is 10.0 Å². The number of rotatable bonds is 5. The fourth-order valence-corrected chi connectivity index (χ4v) is 5.70. The Labute approximate surface area is 113 Å². The highest BCUT2D eigenvalue weighted by molar-refractivity contribution is 7.89. The van der Waals surface area contributed by atoms with E-state index in [4.69, 9.17) is 0 Å².